The van der Waals surface area contributed by atoms with Gasteiger partial charge in [0.2, 0.25) is 0 Å². The minimum Gasteiger partial charge on any atom is -0.489 e. The van der Waals surface area contributed by atoms with Crippen molar-refractivity contribution < 1.29 is 9.84 Å². The summed E-state index contributed by atoms with van der Waals surface area (Å²) in [5.41, 5.74) is 0.453. The number of aliphatic hydroxyl groups is 1. The summed E-state index contributed by atoms with van der Waals surface area (Å²) in [6.07, 6.45) is -0.705. The number of nitrogens with zero attached hydrogens (tertiary/aromatic N) is 1. The van der Waals surface area contributed by atoms with Crippen LogP contribution in [-0.4, -0.2) is 23.7 Å². The number of ether oxygens (including phenoxy) is 1. The number of rotatable bonds is 4. The molecule has 1 aromatic carbocycles. The molecule has 0 bridgehead atoms. The third-order valence-electron chi connectivity index (χ3n) is 1.62. The van der Waals surface area contributed by atoms with Gasteiger partial charge in [0, 0.05) is 0 Å². The molecule has 1 atom stereocenters. The number of hydrogen-bond acceptors (Lipinski definition) is 3. The zero-order valence-corrected chi connectivity index (χ0v) is 8.24. The molecule has 0 fully saturated rings. The molecular weight excluding hydrogens is 202 g/mol. The standard InChI is InChI=1S/C10H10ClNO2/c11-5-9(13)7-14-10-4-2-1-3-8(10)6-12/h1-4,9,13H,5,7H2/t9-/m0/s1. The topological polar surface area (TPSA) is 53.2 Å². The quantitative estimate of drug-likeness (QED) is 0.769. The molecule has 0 amide bonds. The van der Waals surface area contributed by atoms with Gasteiger partial charge in [0.25, 0.3) is 0 Å². The number of para-hydroxylation sites is 1. The first-order valence-corrected chi connectivity index (χ1v) is 4.67. The van der Waals surface area contributed by atoms with E-state index < -0.39 is 6.10 Å². The molecular formula is C10H10ClNO2. The molecule has 0 aliphatic heterocycles. The van der Waals surface area contributed by atoms with Crippen molar-refractivity contribution in [2.75, 3.05) is 12.5 Å². The first-order valence-electron chi connectivity index (χ1n) is 4.14. The molecule has 0 aromatic heterocycles. The summed E-state index contributed by atoms with van der Waals surface area (Å²) in [5.74, 6) is 0.591. The van der Waals surface area contributed by atoms with Gasteiger partial charge in [-0.25, -0.2) is 0 Å². The minimum atomic E-state index is -0.705. The van der Waals surface area contributed by atoms with Crippen molar-refractivity contribution in [2.24, 2.45) is 0 Å². The zero-order chi connectivity index (χ0) is 10.4. The van der Waals surface area contributed by atoms with Crippen LogP contribution in [0.5, 0.6) is 5.75 Å². The maximum atomic E-state index is 9.14. The maximum absolute atomic E-state index is 9.14. The van der Waals surface area contributed by atoms with Gasteiger partial charge in [0.15, 0.2) is 0 Å². The number of alkyl halides is 1. The fraction of sp³-hybridized carbons (Fsp3) is 0.300. The summed E-state index contributed by atoms with van der Waals surface area (Å²) in [5, 5.41) is 17.9. The summed E-state index contributed by atoms with van der Waals surface area (Å²) in [4.78, 5) is 0. The van der Waals surface area contributed by atoms with E-state index in [1.54, 1.807) is 24.3 Å². The lowest BCUT2D eigenvalue weighted by atomic mass is 10.2. The highest BCUT2D eigenvalue weighted by atomic mass is 35.5. The van der Waals surface area contributed by atoms with E-state index in [0.29, 0.717) is 11.3 Å². The van der Waals surface area contributed by atoms with E-state index in [4.69, 9.17) is 26.7 Å². The van der Waals surface area contributed by atoms with Crippen molar-refractivity contribution >= 4 is 11.6 Å². The Hall–Kier alpha value is -1.24. The molecule has 0 aliphatic carbocycles. The molecule has 14 heavy (non-hydrogen) atoms. The Balaban J connectivity index is 2.63. The minimum absolute atomic E-state index is 0.0994. The van der Waals surface area contributed by atoms with E-state index in [1.165, 1.54) is 0 Å². The Morgan fingerprint density at radius 2 is 2.21 bits per heavy atom. The van der Waals surface area contributed by atoms with Crippen molar-refractivity contribution in [2.45, 2.75) is 6.10 Å². The van der Waals surface area contributed by atoms with E-state index in [-0.39, 0.29) is 12.5 Å². The molecule has 0 heterocycles. The van der Waals surface area contributed by atoms with Gasteiger partial charge < -0.3 is 9.84 Å². The fourth-order valence-corrected chi connectivity index (χ4v) is 1.00. The van der Waals surface area contributed by atoms with Gasteiger partial charge in [-0.15, -0.1) is 11.6 Å². The molecule has 4 heteroatoms. The Morgan fingerprint density at radius 3 is 2.86 bits per heavy atom. The van der Waals surface area contributed by atoms with Crippen molar-refractivity contribution in [1.82, 2.24) is 0 Å². The lowest BCUT2D eigenvalue weighted by Crippen LogP contribution is -2.19. The number of benzene rings is 1. The molecule has 0 saturated heterocycles. The fourth-order valence-electron chi connectivity index (χ4n) is 0.915. The van der Waals surface area contributed by atoms with Crippen LogP contribution in [-0.2, 0) is 0 Å². The number of hydrogen-bond donors (Lipinski definition) is 1. The third kappa shape index (κ3) is 2.91. The molecule has 1 N–H and O–H groups in total. The monoisotopic (exact) mass is 211 g/mol. The molecule has 3 nitrogen and oxygen atoms in total. The summed E-state index contributed by atoms with van der Waals surface area (Å²) < 4.78 is 5.22. The largest absolute Gasteiger partial charge is 0.489 e. The number of nitriles is 1. The Bertz CT molecular complexity index is 335. The molecule has 0 radical (unpaired) electrons. The number of halogens is 1. The van der Waals surface area contributed by atoms with Crippen LogP contribution in [0.25, 0.3) is 0 Å². The van der Waals surface area contributed by atoms with Gasteiger partial charge in [-0.05, 0) is 12.1 Å². The normalized spacial score (nSPS) is 11.8. The van der Waals surface area contributed by atoms with Crippen LogP contribution < -0.4 is 4.74 Å². The number of aliphatic hydroxyl groups excluding tert-OH is 1. The lowest BCUT2D eigenvalue weighted by molar-refractivity contribution is 0.125. The van der Waals surface area contributed by atoms with Gasteiger partial charge in [-0.2, -0.15) is 5.26 Å². The Labute approximate surface area is 87.5 Å². The second-order valence-corrected chi connectivity index (χ2v) is 3.04. The van der Waals surface area contributed by atoms with Crippen LogP contribution in [0.2, 0.25) is 0 Å². The average molecular weight is 212 g/mol. The maximum Gasteiger partial charge on any atom is 0.137 e. The van der Waals surface area contributed by atoms with E-state index >= 15 is 0 Å². The predicted molar refractivity (Wildman–Crippen MR) is 53.4 cm³/mol. The first kappa shape index (κ1) is 10.8. The van der Waals surface area contributed by atoms with E-state index in [2.05, 4.69) is 0 Å². The van der Waals surface area contributed by atoms with E-state index in [9.17, 15) is 0 Å². The van der Waals surface area contributed by atoms with Crippen LogP contribution in [0.3, 0.4) is 0 Å². The summed E-state index contributed by atoms with van der Waals surface area (Å²) >= 11 is 5.40. The average Bonchev–Trinajstić information content (AvgIpc) is 2.26. The highest BCUT2D eigenvalue weighted by molar-refractivity contribution is 6.18. The Kier molecular flexibility index (Phi) is 4.24. The van der Waals surface area contributed by atoms with Crippen LogP contribution in [0.4, 0.5) is 0 Å². The first-order chi connectivity index (χ1) is 6.77. The van der Waals surface area contributed by atoms with Crippen LogP contribution in [0.15, 0.2) is 24.3 Å². The second kappa shape index (κ2) is 5.48. The lowest BCUT2D eigenvalue weighted by Gasteiger charge is -2.10. The predicted octanol–water partition coefficient (Wildman–Crippen LogP) is 1.54. The van der Waals surface area contributed by atoms with E-state index in [1.807, 2.05) is 6.07 Å². The molecule has 0 unspecified atom stereocenters. The van der Waals surface area contributed by atoms with Gasteiger partial charge in [0.05, 0.1) is 11.4 Å². The van der Waals surface area contributed by atoms with Crippen molar-refractivity contribution in [1.29, 1.82) is 5.26 Å². The van der Waals surface area contributed by atoms with Crippen molar-refractivity contribution in [3.05, 3.63) is 29.8 Å². The van der Waals surface area contributed by atoms with E-state index in [0.717, 1.165) is 0 Å². The molecule has 1 aromatic rings. The molecule has 0 aliphatic rings. The molecule has 0 spiro atoms. The highest BCUT2D eigenvalue weighted by Crippen LogP contribution is 2.16. The van der Waals surface area contributed by atoms with Crippen LogP contribution >= 0.6 is 11.6 Å². The SMILES string of the molecule is N#Cc1ccccc1OC[C@@H](O)CCl. The summed E-state index contributed by atoms with van der Waals surface area (Å²) in [6.45, 7) is 0.0994. The molecule has 0 saturated carbocycles. The van der Waals surface area contributed by atoms with Gasteiger partial charge in [-0.1, -0.05) is 12.1 Å². The van der Waals surface area contributed by atoms with Gasteiger partial charge in [-0.3, -0.25) is 0 Å². The molecule has 1 rings (SSSR count). The van der Waals surface area contributed by atoms with Crippen molar-refractivity contribution in [3.8, 4) is 11.8 Å². The summed E-state index contributed by atoms with van der Waals surface area (Å²) in [6, 6.07) is 8.85. The van der Waals surface area contributed by atoms with Gasteiger partial charge >= 0.3 is 0 Å². The Morgan fingerprint density at radius 1 is 1.50 bits per heavy atom. The summed E-state index contributed by atoms with van der Waals surface area (Å²) in [7, 11) is 0. The molecule has 74 valence electrons. The van der Waals surface area contributed by atoms with Crippen molar-refractivity contribution in [3.63, 3.8) is 0 Å². The van der Waals surface area contributed by atoms with Gasteiger partial charge in [0.1, 0.15) is 24.5 Å². The highest BCUT2D eigenvalue weighted by Gasteiger charge is 2.05. The third-order valence-corrected chi connectivity index (χ3v) is 1.97. The second-order valence-electron chi connectivity index (χ2n) is 2.73. The smallest absolute Gasteiger partial charge is 0.137 e. The zero-order valence-electron chi connectivity index (χ0n) is 7.48. The van der Waals surface area contributed by atoms with Crippen LogP contribution in [0, 0.1) is 11.3 Å². The van der Waals surface area contributed by atoms with Crippen LogP contribution in [0.1, 0.15) is 5.56 Å².